The van der Waals surface area contributed by atoms with Crippen LogP contribution in [-0.4, -0.2) is 48.3 Å². The maximum atomic E-state index is 12.0. The third kappa shape index (κ3) is 2.59. The fourth-order valence-corrected chi connectivity index (χ4v) is 7.96. The van der Waals surface area contributed by atoms with Crippen LogP contribution in [0.15, 0.2) is 33.0 Å². The molecule has 0 aromatic heterocycles. The van der Waals surface area contributed by atoms with E-state index >= 15 is 0 Å². The number of ether oxygens (including phenoxy) is 2. The first-order valence-electron chi connectivity index (χ1n) is 11.0. The second-order valence-electron chi connectivity index (χ2n) is 10.3. The van der Waals surface area contributed by atoms with Gasteiger partial charge in [0.1, 0.15) is 6.10 Å². The topological polar surface area (TPSA) is 38.8 Å². The number of allylic oxidation sites excluding steroid dienone is 3. The molecule has 2 spiro atoms. The van der Waals surface area contributed by atoms with Crippen LogP contribution in [0, 0.1) is 17.3 Å². The molecule has 5 rings (SSSR count). The lowest BCUT2D eigenvalue weighted by Crippen LogP contribution is -2.60. The smallest absolute Gasteiger partial charge is 0.303 e. The van der Waals surface area contributed by atoms with Crippen molar-refractivity contribution in [2.75, 3.05) is 14.1 Å². The van der Waals surface area contributed by atoms with E-state index < -0.39 is 0 Å². The molecule has 2 bridgehead atoms. The Morgan fingerprint density at radius 1 is 1.31 bits per heavy atom. The molecular formula is C24H32INO3. The van der Waals surface area contributed by atoms with Crippen LogP contribution in [0.25, 0.3) is 0 Å². The van der Waals surface area contributed by atoms with Crippen molar-refractivity contribution in [1.29, 1.82) is 0 Å². The summed E-state index contributed by atoms with van der Waals surface area (Å²) in [4.78, 5) is 14.3. The summed E-state index contributed by atoms with van der Waals surface area (Å²) < 4.78 is 14.7. The summed E-state index contributed by atoms with van der Waals surface area (Å²) in [5.74, 6) is 0.543. The highest BCUT2D eigenvalue weighted by molar-refractivity contribution is 14.1. The van der Waals surface area contributed by atoms with E-state index in [1.807, 2.05) is 0 Å². The summed E-state index contributed by atoms with van der Waals surface area (Å²) in [6.07, 6.45) is 12.3. The molecule has 2 heterocycles. The SMILES string of the molecule is CC(=O)O[C@@H]1C2=CC3=CC[C@]4(C)C(I)=CC[C@H]4[C@@]34CC[C@]2(C[C@H](N(C)C)[C@H]1C)O4. The van der Waals surface area contributed by atoms with Crippen LogP contribution >= 0.6 is 22.6 Å². The molecule has 0 amide bonds. The van der Waals surface area contributed by atoms with Crippen LogP contribution in [0.2, 0.25) is 0 Å². The molecule has 29 heavy (non-hydrogen) atoms. The maximum Gasteiger partial charge on any atom is 0.303 e. The normalized spacial score (nSPS) is 47.6. The van der Waals surface area contributed by atoms with Crippen molar-refractivity contribution in [2.24, 2.45) is 17.3 Å². The highest BCUT2D eigenvalue weighted by atomic mass is 127. The second-order valence-corrected chi connectivity index (χ2v) is 11.5. The molecule has 0 radical (unpaired) electrons. The van der Waals surface area contributed by atoms with Gasteiger partial charge in [-0.2, -0.15) is 0 Å². The number of hydrogen-bond donors (Lipinski definition) is 0. The molecule has 158 valence electrons. The number of esters is 1. The summed E-state index contributed by atoms with van der Waals surface area (Å²) >= 11 is 2.55. The second kappa shape index (κ2) is 6.42. The molecule has 2 aliphatic heterocycles. The minimum Gasteiger partial charge on any atom is -0.458 e. The monoisotopic (exact) mass is 509 g/mol. The van der Waals surface area contributed by atoms with E-state index in [2.05, 4.69) is 73.7 Å². The molecule has 0 aromatic rings. The summed E-state index contributed by atoms with van der Waals surface area (Å²) in [6.45, 7) is 6.17. The number of carbonyl (C=O) groups is 1. The van der Waals surface area contributed by atoms with Gasteiger partial charge in [0.2, 0.25) is 0 Å². The van der Waals surface area contributed by atoms with E-state index in [0.717, 1.165) is 32.1 Å². The molecule has 1 saturated carbocycles. The van der Waals surface area contributed by atoms with Gasteiger partial charge in [0, 0.05) is 35.8 Å². The molecule has 0 unspecified atom stereocenters. The minimum absolute atomic E-state index is 0.182. The zero-order chi connectivity index (χ0) is 20.8. The highest BCUT2D eigenvalue weighted by Gasteiger charge is 2.67. The van der Waals surface area contributed by atoms with Gasteiger partial charge in [-0.1, -0.05) is 32.1 Å². The lowest BCUT2D eigenvalue weighted by atomic mass is 9.60. The van der Waals surface area contributed by atoms with Crippen molar-refractivity contribution in [3.8, 4) is 0 Å². The van der Waals surface area contributed by atoms with E-state index in [1.165, 1.54) is 21.6 Å². The Bertz CT molecular complexity index is 860. The van der Waals surface area contributed by atoms with E-state index in [9.17, 15) is 4.79 Å². The fourth-order valence-electron chi connectivity index (χ4n) is 7.11. The van der Waals surface area contributed by atoms with E-state index in [0.29, 0.717) is 12.0 Å². The molecule has 0 N–H and O–H groups in total. The number of nitrogens with zero attached hydrogens (tertiary/aromatic N) is 1. The molecular weight excluding hydrogens is 477 g/mol. The Kier molecular flexibility index (Phi) is 4.49. The van der Waals surface area contributed by atoms with Gasteiger partial charge in [0.25, 0.3) is 0 Å². The number of carbonyl (C=O) groups excluding carboxylic acids is 1. The van der Waals surface area contributed by atoms with Gasteiger partial charge in [-0.3, -0.25) is 4.79 Å². The lowest BCUT2D eigenvalue weighted by Gasteiger charge is -2.56. The molecule has 3 aliphatic carbocycles. The Balaban J connectivity index is 1.63. The summed E-state index contributed by atoms with van der Waals surface area (Å²) in [5.41, 5.74) is 2.26. The van der Waals surface area contributed by atoms with E-state index in [4.69, 9.17) is 9.47 Å². The number of halogens is 1. The standard InChI is InChI=1S/C24H32INO3/c1-14-18(26(4)5)13-23-10-11-24(29-23)16(12-17(23)21(14)28-15(2)27)8-9-22(3)19(24)6-7-20(22)25/h7-8,12,14,18-19,21H,6,9-11,13H2,1-5H3/t14-,18+,19-,21+,22+,23-,24-/m1/s1. The van der Waals surface area contributed by atoms with Crippen LogP contribution in [0.3, 0.4) is 0 Å². The molecule has 7 atom stereocenters. The van der Waals surface area contributed by atoms with Gasteiger partial charge in [-0.15, -0.1) is 0 Å². The highest BCUT2D eigenvalue weighted by Crippen LogP contribution is 2.67. The van der Waals surface area contributed by atoms with Crippen LogP contribution in [-0.2, 0) is 14.3 Å². The molecule has 5 heteroatoms. The van der Waals surface area contributed by atoms with Crippen molar-refractivity contribution in [1.82, 2.24) is 4.90 Å². The largest absolute Gasteiger partial charge is 0.458 e. The average molecular weight is 509 g/mol. The number of hydrogen-bond acceptors (Lipinski definition) is 4. The third-order valence-electron chi connectivity index (χ3n) is 8.65. The van der Waals surface area contributed by atoms with Crippen LogP contribution < -0.4 is 0 Å². The van der Waals surface area contributed by atoms with Crippen LogP contribution in [0.4, 0.5) is 0 Å². The van der Waals surface area contributed by atoms with Gasteiger partial charge < -0.3 is 14.4 Å². The fraction of sp³-hybridized carbons (Fsp3) is 0.708. The Labute approximate surface area is 187 Å². The Morgan fingerprint density at radius 3 is 2.76 bits per heavy atom. The Hall–Kier alpha value is -0.660. The molecule has 0 aromatic carbocycles. The number of fused-ring (bicyclic) bond motifs is 1. The van der Waals surface area contributed by atoms with Crippen LogP contribution in [0.5, 0.6) is 0 Å². The minimum atomic E-state index is -0.300. The maximum absolute atomic E-state index is 12.0. The van der Waals surface area contributed by atoms with Crippen molar-refractivity contribution in [3.05, 3.63) is 33.0 Å². The molecule has 2 fully saturated rings. The first-order valence-corrected chi connectivity index (χ1v) is 12.0. The zero-order valence-corrected chi connectivity index (χ0v) is 20.3. The third-order valence-corrected chi connectivity index (χ3v) is 10.3. The molecule has 5 aliphatic rings. The van der Waals surface area contributed by atoms with Gasteiger partial charge in [0.15, 0.2) is 0 Å². The van der Waals surface area contributed by atoms with E-state index in [-0.39, 0.29) is 34.6 Å². The van der Waals surface area contributed by atoms with Crippen molar-refractivity contribution < 1.29 is 14.3 Å². The zero-order valence-electron chi connectivity index (χ0n) is 18.1. The molecule has 4 nitrogen and oxygen atoms in total. The number of rotatable bonds is 2. The summed E-state index contributed by atoms with van der Waals surface area (Å²) in [5, 5.41) is 0. The Morgan fingerprint density at radius 2 is 2.07 bits per heavy atom. The quantitative estimate of drug-likeness (QED) is 0.397. The predicted octanol–water partition coefficient (Wildman–Crippen LogP) is 4.79. The van der Waals surface area contributed by atoms with Crippen molar-refractivity contribution in [2.45, 2.75) is 76.2 Å². The van der Waals surface area contributed by atoms with Gasteiger partial charge >= 0.3 is 5.97 Å². The molecule has 1 saturated heterocycles. The first kappa shape index (κ1) is 20.3. The first-order chi connectivity index (χ1) is 13.6. The van der Waals surface area contributed by atoms with Gasteiger partial charge in [0.05, 0.1) is 11.2 Å². The summed E-state index contributed by atoms with van der Waals surface area (Å²) in [7, 11) is 4.27. The summed E-state index contributed by atoms with van der Waals surface area (Å²) in [6, 6.07) is 0.328. The lowest BCUT2D eigenvalue weighted by molar-refractivity contribution is -0.168. The van der Waals surface area contributed by atoms with Gasteiger partial charge in [-0.05, 0) is 77.9 Å². The van der Waals surface area contributed by atoms with E-state index in [1.54, 1.807) is 0 Å². The van der Waals surface area contributed by atoms with Crippen LogP contribution in [0.1, 0.15) is 52.9 Å². The predicted molar refractivity (Wildman–Crippen MR) is 122 cm³/mol. The van der Waals surface area contributed by atoms with Crippen molar-refractivity contribution >= 4 is 28.6 Å². The van der Waals surface area contributed by atoms with Crippen molar-refractivity contribution in [3.63, 3.8) is 0 Å². The average Bonchev–Trinajstić information content (AvgIpc) is 3.13. The van der Waals surface area contributed by atoms with Gasteiger partial charge in [-0.25, -0.2) is 0 Å².